The van der Waals surface area contributed by atoms with E-state index in [9.17, 15) is 0 Å². The van der Waals surface area contributed by atoms with Crippen LogP contribution in [0.25, 0.3) is 0 Å². The fourth-order valence-corrected chi connectivity index (χ4v) is 2.67. The molecule has 1 aliphatic heterocycles. The summed E-state index contributed by atoms with van der Waals surface area (Å²) in [4.78, 5) is 10.7. The summed E-state index contributed by atoms with van der Waals surface area (Å²) in [5.41, 5.74) is 3.70. The summed E-state index contributed by atoms with van der Waals surface area (Å²) < 4.78 is 0. The number of rotatable bonds is 3. The lowest BCUT2D eigenvalue weighted by Gasteiger charge is -2.34. The molecule has 1 aliphatic rings. The monoisotopic (exact) mass is 268 g/mol. The van der Waals surface area contributed by atoms with Crippen molar-refractivity contribution in [2.45, 2.75) is 25.8 Å². The number of aromatic nitrogens is 2. The van der Waals surface area contributed by atoms with Crippen molar-refractivity contribution in [3.05, 3.63) is 48.5 Å². The molecule has 0 aliphatic carbocycles. The van der Waals surface area contributed by atoms with Crippen molar-refractivity contribution in [2.75, 3.05) is 23.3 Å². The molecule has 3 heterocycles. The van der Waals surface area contributed by atoms with E-state index in [2.05, 4.69) is 45.3 Å². The second kappa shape index (κ2) is 5.90. The van der Waals surface area contributed by atoms with Crippen LogP contribution in [-0.4, -0.2) is 29.1 Å². The lowest BCUT2D eigenvalue weighted by molar-refractivity contribution is 0.526. The van der Waals surface area contributed by atoms with Crippen molar-refractivity contribution in [3.63, 3.8) is 0 Å². The second-order valence-electron chi connectivity index (χ2n) is 5.30. The van der Waals surface area contributed by atoms with Crippen LogP contribution in [0.15, 0.2) is 43.0 Å². The van der Waals surface area contributed by atoms with Crippen LogP contribution < -0.4 is 10.2 Å². The average Bonchev–Trinajstić information content (AvgIpc) is 2.51. The van der Waals surface area contributed by atoms with E-state index < -0.39 is 0 Å². The molecule has 3 rings (SSSR count). The van der Waals surface area contributed by atoms with Crippen LogP contribution in [0.5, 0.6) is 0 Å². The number of nitrogens with one attached hydrogen (secondary N) is 1. The fraction of sp³-hybridized carbons (Fsp3) is 0.375. The molecule has 2 aromatic heterocycles. The lowest BCUT2D eigenvalue weighted by Crippen LogP contribution is -2.39. The Labute approximate surface area is 119 Å². The zero-order chi connectivity index (χ0) is 13.8. The van der Waals surface area contributed by atoms with Crippen LogP contribution in [-0.2, 0) is 0 Å². The topological polar surface area (TPSA) is 41.1 Å². The summed E-state index contributed by atoms with van der Waals surface area (Å²) in [6, 6.07) is 6.75. The normalized spacial score (nSPS) is 16.1. The van der Waals surface area contributed by atoms with Crippen LogP contribution in [0.4, 0.5) is 11.4 Å². The van der Waals surface area contributed by atoms with E-state index in [4.69, 9.17) is 0 Å². The highest BCUT2D eigenvalue weighted by Gasteiger charge is 2.19. The van der Waals surface area contributed by atoms with Gasteiger partial charge in [0.05, 0.1) is 11.9 Å². The van der Waals surface area contributed by atoms with Gasteiger partial charge in [-0.15, -0.1) is 0 Å². The van der Waals surface area contributed by atoms with E-state index in [1.807, 2.05) is 24.8 Å². The van der Waals surface area contributed by atoms with E-state index in [-0.39, 0.29) is 0 Å². The van der Waals surface area contributed by atoms with Gasteiger partial charge >= 0.3 is 0 Å². The van der Waals surface area contributed by atoms with Crippen molar-refractivity contribution in [1.82, 2.24) is 9.97 Å². The second-order valence-corrected chi connectivity index (χ2v) is 5.30. The Hall–Kier alpha value is -2.10. The highest BCUT2D eigenvalue weighted by atomic mass is 15.1. The van der Waals surface area contributed by atoms with Gasteiger partial charge in [-0.2, -0.15) is 0 Å². The molecule has 0 aromatic carbocycles. The zero-order valence-corrected chi connectivity index (χ0v) is 11.8. The average molecular weight is 268 g/mol. The molecule has 0 bridgehead atoms. The first-order chi connectivity index (χ1) is 9.83. The third kappa shape index (κ3) is 2.90. The van der Waals surface area contributed by atoms with Gasteiger partial charge in [0.2, 0.25) is 0 Å². The number of piperidine rings is 1. The maximum atomic E-state index is 4.19. The fourth-order valence-electron chi connectivity index (χ4n) is 2.67. The predicted octanol–water partition coefficient (Wildman–Crippen LogP) is 2.87. The molecule has 1 saturated heterocycles. The van der Waals surface area contributed by atoms with Crippen molar-refractivity contribution >= 4 is 11.4 Å². The van der Waals surface area contributed by atoms with Crippen LogP contribution in [0, 0.1) is 6.92 Å². The molecule has 0 atom stereocenters. The molecule has 0 amide bonds. The van der Waals surface area contributed by atoms with E-state index in [0.29, 0.717) is 6.04 Å². The van der Waals surface area contributed by atoms with Gasteiger partial charge in [0.15, 0.2) is 0 Å². The van der Waals surface area contributed by atoms with Gasteiger partial charge in [-0.05, 0) is 43.5 Å². The van der Waals surface area contributed by atoms with Gasteiger partial charge in [0, 0.05) is 43.4 Å². The Morgan fingerprint density at radius 1 is 1.05 bits per heavy atom. The first kappa shape index (κ1) is 12.9. The third-order valence-corrected chi connectivity index (χ3v) is 3.92. The Morgan fingerprint density at radius 3 is 2.45 bits per heavy atom. The minimum atomic E-state index is 0.538. The number of aryl methyl sites for hydroxylation is 1. The molecule has 2 aromatic rings. The summed E-state index contributed by atoms with van der Waals surface area (Å²) in [6.07, 6.45) is 9.78. The molecule has 20 heavy (non-hydrogen) atoms. The van der Waals surface area contributed by atoms with Gasteiger partial charge in [-0.25, -0.2) is 0 Å². The molecule has 0 radical (unpaired) electrons. The molecule has 4 nitrogen and oxygen atoms in total. The highest BCUT2D eigenvalue weighted by Crippen LogP contribution is 2.22. The standard InChI is InChI=1S/C16H20N4/c1-13-2-7-18-12-16(13)19-14-5-10-20(11-6-14)15-3-8-17-9-4-15/h2-4,7-9,12,14,19H,5-6,10-11H2,1H3. The Bertz CT molecular complexity index is 547. The minimum absolute atomic E-state index is 0.538. The van der Waals surface area contributed by atoms with Crippen LogP contribution >= 0.6 is 0 Å². The molecule has 0 unspecified atom stereocenters. The van der Waals surface area contributed by atoms with Crippen LogP contribution in [0.1, 0.15) is 18.4 Å². The van der Waals surface area contributed by atoms with Crippen molar-refractivity contribution in [2.24, 2.45) is 0 Å². The number of hydrogen-bond acceptors (Lipinski definition) is 4. The van der Waals surface area contributed by atoms with Gasteiger partial charge in [0.1, 0.15) is 0 Å². The SMILES string of the molecule is Cc1ccncc1NC1CCN(c2ccncc2)CC1. The summed E-state index contributed by atoms with van der Waals surface area (Å²) >= 11 is 0. The molecule has 4 heteroatoms. The number of pyridine rings is 2. The summed E-state index contributed by atoms with van der Waals surface area (Å²) in [5, 5.41) is 3.62. The van der Waals surface area contributed by atoms with Crippen molar-refractivity contribution < 1.29 is 0 Å². The van der Waals surface area contributed by atoms with Gasteiger partial charge < -0.3 is 10.2 Å². The maximum Gasteiger partial charge on any atom is 0.0558 e. The van der Waals surface area contributed by atoms with Crippen LogP contribution in [0.2, 0.25) is 0 Å². The quantitative estimate of drug-likeness (QED) is 0.929. The Morgan fingerprint density at radius 2 is 1.75 bits per heavy atom. The Kier molecular flexibility index (Phi) is 3.81. The number of nitrogens with zero attached hydrogens (tertiary/aromatic N) is 3. The molecule has 1 N–H and O–H groups in total. The van der Waals surface area contributed by atoms with E-state index in [1.54, 1.807) is 0 Å². The first-order valence-corrected chi connectivity index (χ1v) is 7.15. The molecule has 0 spiro atoms. The van der Waals surface area contributed by atoms with Crippen LogP contribution in [0.3, 0.4) is 0 Å². The highest BCUT2D eigenvalue weighted by molar-refractivity contribution is 5.50. The van der Waals surface area contributed by atoms with Gasteiger partial charge in [-0.1, -0.05) is 0 Å². The van der Waals surface area contributed by atoms with Crippen molar-refractivity contribution in [1.29, 1.82) is 0 Å². The van der Waals surface area contributed by atoms with E-state index in [1.165, 1.54) is 11.3 Å². The predicted molar refractivity (Wildman–Crippen MR) is 82.1 cm³/mol. The first-order valence-electron chi connectivity index (χ1n) is 7.15. The lowest BCUT2D eigenvalue weighted by atomic mass is 10.0. The number of hydrogen-bond donors (Lipinski definition) is 1. The number of anilines is 2. The van der Waals surface area contributed by atoms with E-state index >= 15 is 0 Å². The van der Waals surface area contributed by atoms with Gasteiger partial charge in [-0.3, -0.25) is 9.97 Å². The molecule has 104 valence electrons. The zero-order valence-electron chi connectivity index (χ0n) is 11.8. The molecular formula is C16H20N4. The van der Waals surface area contributed by atoms with Crippen molar-refractivity contribution in [3.8, 4) is 0 Å². The summed E-state index contributed by atoms with van der Waals surface area (Å²) in [7, 11) is 0. The smallest absolute Gasteiger partial charge is 0.0558 e. The van der Waals surface area contributed by atoms with E-state index in [0.717, 1.165) is 31.6 Å². The summed E-state index contributed by atoms with van der Waals surface area (Å²) in [6.45, 7) is 4.29. The Balaban J connectivity index is 1.58. The third-order valence-electron chi connectivity index (χ3n) is 3.92. The molecule has 0 saturated carbocycles. The largest absolute Gasteiger partial charge is 0.381 e. The minimum Gasteiger partial charge on any atom is -0.381 e. The summed E-state index contributed by atoms with van der Waals surface area (Å²) in [5.74, 6) is 0. The molecular weight excluding hydrogens is 248 g/mol. The maximum absolute atomic E-state index is 4.19. The molecule has 1 fully saturated rings. The van der Waals surface area contributed by atoms with Gasteiger partial charge in [0.25, 0.3) is 0 Å².